The number of ether oxygens (including phenoxy) is 1. The van der Waals surface area contributed by atoms with Crippen molar-refractivity contribution in [3.63, 3.8) is 0 Å². The van der Waals surface area contributed by atoms with Crippen LogP contribution in [-0.2, 0) is 35.4 Å². The number of aromatic nitrogens is 4. The van der Waals surface area contributed by atoms with E-state index in [-0.39, 0.29) is 19.0 Å². The SMILES string of the molecule is O=C(Cc1n[nH]c2c1CCCC2)OCc1csc(-c2ccccn2)n1. The molecule has 128 valence electrons. The van der Waals surface area contributed by atoms with Gasteiger partial charge in [-0.15, -0.1) is 11.3 Å². The Bertz CT molecular complexity index is 872. The fourth-order valence-electron chi connectivity index (χ4n) is 3.02. The van der Waals surface area contributed by atoms with E-state index in [0.29, 0.717) is 0 Å². The summed E-state index contributed by atoms with van der Waals surface area (Å²) in [6.45, 7) is 0.175. The largest absolute Gasteiger partial charge is 0.459 e. The van der Waals surface area contributed by atoms with Crippen molar-refractivity contribution < 1.29 is 9.53 Å². The van der Waals surface area contributed by atoms with Crippen LogP contribution in [0.1, 0.15) is 35.5 Å². The monoisotopic (exact) mass is 354 g/mol. The fraction of sp³-hybridized carbons (Fsp3) is 0.333. The smallest absolute Gasteiger partial charge is 0.312 e. The van der Waals surface area contributed by atoms with E-state index in [1.54, 1.807) is 6.20 Å². The number of aromatic amines is 1. The molecule has 0 spiro atoms. The van der Waals surface area contributed by atoms with Crippen LogP contribution in [0, 0.1) is 0 Å². The van der Waals surface area contributed by atoms with Gasteiger partial charge >= 0.3 is 5.97 Å². The van der Waals surface area contributed by atoms with Crippen molar-refractivity contribution >= 4 is 17.3 Å². The van der Waals surface area contributed by atoms with Gasteiger partial charge in [0.05, 0.1) is 23.5 Å². The molecule has 0 saturated carbocycles. The number of pyridine rings is 1. The number of rotatable bonds is 5. The summed E-state index contributed by atoms with van der Waals surface area (Å²) in [5.41, 5.74) is 4.77. The van der Waals surface area contributed by atoms with Crippen molar-refractivity contribution in [1.29, 1.82) is 0 Å². The zero-order valence-corrected chi connectivity index (χ0v) is 14.5. The van der Waals surface area contributed by atoms with E-state index in [9.17, 15) is 4.79 Å². The molecule has 1 aliphatic rings. The predicted molar refractivity (Wildman–Crippen MR) is 94.1 cm³/mol. The van der Waals surface area contributed by atoms with E-state index >= 15 is 0 Å². The highest BCUT2D eigenvalue weighted by molar-refractivity contribution is 7.13. The number of carbonyl (C=O) groups is 1. The third kappa shape index (κ3) is 3.61. The minimum atomic E-state index is -0.271. The highest BCUT2D eigenvalue weighted by atomic mass is 32.1. The number of aryl methyl sites for hydroxylation is 1. The number of hydrogen-bond donors (Lipinski definition) is 1. The van der Waals surface area contributed by atoms with Gasteiger partial charge in [0.25, 0.3) is 0 Å². The van der Waals surface area contributed by atoms with Gasteiger partial charge in [0, 0.05) is 17.3 Å². The van der Waals surface area contributed by atoms with Crippen LogP contribution in [0.2, 0.25) is 0 Å². The molecule has 0 aliphatic heterocycles. The van der Waals surface area contributed by atoms with Crippen molar-refractivity contribution in [3.05, 3.63) is 52.4 Å². The minimum absolute atomic E-state index is 0.175. The summed E-state index contributed by atoms with van der Waals surface area (Å²) in [6, 6.07) is 5.71. The first kappa shape index (κ1) is 16.0. The van der Waals surface area contributed by atoms with Crippen molar-refractivity contribution in [2.24, 2.45) is 0 Å². The lowest BCUT2D eigenvalue weighted by Crippen LogP contribution is -2.11. The Morgan fingerprint density at radius 3 is 3.08 bits per heavy atom. The Hall–Kier alpha value is -2.54. The molecule has 1 N–H and O–H groups in total. The molecule has 6 nitrogen and oxygen atoms in total. The molecule has 7 heteroatoms. The molecule has 0 fully saturated rings. The molecular formula is C18H18N4O2S. The molecule has 0 unspecified atom stereocenters. The summed E-state index contributed by atoms with van der Waals surface area (Å²) in [7, 11) is 0. The highest BCUT2D eigenvalue weighted by Crippen LogP contribution is 2.23. The zero-order chi connectivity index (χ0) is 17.1. The highest BCUT2D eigenvalue weighted by Gasteiger charge is 2.19. The summed E-state index contributed by atoms with van der Waals surface area (Å²) in [6.07, 6.45) is 6.30. The third-order valence-corrected chi connectivity index (χ3v) is 5.18. The summed E-state index contributed by atoms with van der Waals surface area (Å²) in [5, 5.41) is 10.1. The van der Waals surface area contributed by atoms with Gasteiger partial charge in [-0.3, -0.25) is 14.9 Å². The van der Waals surface area contributed by atoms with Crippen LogP contribution in [0.4, 0.5) is 0 Å². The number of carbonyl (C=O) groups excluding carboxylic acids is 1. The summed E-state index contributed by atoms with van der Waals surface area (Å²) in [4.78, 5) is 20.9. The van der Waals surface area contributed by atoms with Gasteiger partial charge in [0.15, 0.2) is 0 Å². The molecular weight excluding hydrogens is 336 g/mol. The molecule has 0 aromatic carbocycles. The molecule has 3 aromatic rings. The number of fused-ring (bicyclic) bond motifs is 1. The van der Waals surface area contributed by atoms with Gasteiger partial charge in [-0.2, -0.15) is 5.10 Å². The lowest BCUT2D eigenvalue weighted by Gasteiger charge is -2.10. The summed E-state index contributed by atoms with van der Waals surface area (Å²) < 4.78 is 5.37. The van der Waals surface area contributed by atoms with E-state index < -0.39 is 0 Å². The lowest BCUT2D eigenvalue weighted by molar-refractivity contribution is -0.144. The normalized spacial score (nSPS) is 13.4. The summed E-state index contributed by atoms with van der Waals surface area (Å²) >= 11 is 1.50. The Morgan fingerprint density at radius 2 is 2.20 bits per heavy atom. The van der Waals surface area contributed by atoms with Gasteiger partial charge in [0.2, 0.25) is 0 Å². The Kier molecular flexibility index (Phi) is 4.56. The average molecular weight is 354 g/mol. The second-order valence-corrected chi connectivity index (χ2v) is 6.89. The molecule has 0 bridgehead atoms. The number of thiazole rings is 1. The van der Waals surface area contributed by atoms with Crippen LogP contribution in [0.3, 0.4) is 0 Å². The number of nitrogens with zero attached hydrogens (tertiary/aromatic N) is 3. The van der Waals surface area contributed by atoms with E-state index in [1.807, 2.05) is 23.6 Å². The van der Waals surface area contributed by atoms with E-state index in [4.69, 9.17) is 4.74 Å². The topological polar surface area (TPSA) is 80.8 Å². The first-order chi connectivity index (χ1) is 12.3. The standard InChI is InChI=1S/C18H18N4O2S/c23-17(9-16-13-5-1-2-6-14(13)21-22-16)24-10-12-11-25-18(20-12)15-7-3-4-8-19-15/h3-4,7-8,11H,1-2,5-6,9-10H2,(H,21,22). The third-order valence-electron chi connectivity index (χ3n) is 4.27. The van der Waals surface area contributed by atoms with E-state index in [0.717, 1.165) is 41.4 Å². The van der Waals surface area contributed by atoms with Crippen LogP contribution >= 0.6 is 11.3 Å². The molecule has 25 heavy (non-hydrogen) atoms. The Balaban J connectivity index is 1.35. The van der Waals surface area contributed by atoms with Crippen LogP contribution < -0.4 is 0 Å². The number of H-pyrrole nitrogens is 1. The van der Waals surface area contributed by atoms with Crippen molar-refractivity contribution in [3.8, 4) is 10.7 Å². The van der Waals surface area contributed by atoms with Gasteiger partial charge in [-0.25, -0.2) is 4.98 Å². The Morgan fingerprint density at radius 1 is 1.28 bits per heavy atom. The van der Waals surface area contributed by atoms with E-state index in [2.05, 4.69) is 20.2 Å². The van der Waals surface area contributed by atoms with Gasteiger partial charge in [0.1, 0.15) is 11.6 Å². The van der Waals surface area contributed by atoms with Crippen LogP contribution in [0.25, 0.3) is 10.7 Å². The van der Waals surface area contributed by atoms with Gasteiger partial charge in [-0.1, -0.05) is 6.07 Å². The second-order valence-electron chi connectivity index (χ2n) is 6.03. The lowest BCUT2D eigenvalue weighted by atomic mass is 9.95. The molecule has 3 heterocycles. The van der Waals surface area contributed by atoms with Crippen LogP contribution in [0.5, 0.6) is 0 Å². The maximum atomic E-state index is 12.1. The quantitative estimate of drug-likeness (QED) is 0.712. The van der Waals surface area contributed by atoms with Crippen LogP contribution in [0.15, 0.2) is 29.8 Å². The maximum absolute atomic E-state index is 12.1. The zero-order valence-electron chi connectivity index (χ0n) is 13.7. The maximum Gasteiger partial charge on any atom is 0.312 e. The van der Waals surface area contributed by atoms with Crippen molar-refractivity contribution in [2.45, 2.75) is 38.7 Å². The molecule has 0 atom stereocenters. The van der Waals surface area contributed by atoms with E-state index in [1.165, 1.54) is 29.0 Å². The number of esters is 1. The Labute approximate surface area is 149 Å². The minimum Gasteiger partial charge on any atom is -0.459 e. The number of nitrogens with one attached hydrogen (secondary N) is 1. The van der Waals surface area contributed by atoms with Gasteiger partial charge in [-0.05, 0) is 43.4 Å². The van der Waals surface area contributed by atoms with Crippen molar-refractivity contribution in [2.75, 3.05) is 0 Å². The first-order valence-electron chi connectivity index (χ1n) is 8.36. The van der Waals surface area contributed by atoms with Crippen LogP contribution in [-0.4, -0.2) is 26.1 Å². The average Bonchev–Trinajstić information content (AvgIpc) is 3.28. The predicted octanol–water partition coefficient (Wildman–Crippen LogP) is 3.09. The molecule has 0 saturated heterocycles. The molecule has 4 rings (SSSR count). The molecule has 0 radical (unpaired) electrons. The van der Waals surface area contributed by atoms with Crippen molar-refractivity contribution in [1.82, 2.24) is 20.2 Å². The first-order valence-corrected chi connectivity index (χ1v) is 9.24. The van der Waals surface area contributed by atoms with Gasteiger partial charge < -0.3 is 4.74 Å². The molecule has 0 amide bonds. The second kappa shape index (κ2) is 7.14. The number of hydrogen-bond acceptors (Lipinski definition) is 6. The summed E-state index contributed by atoms with van der Waals surface area (Å²) in [5.74, 6) is -0.271. The molecule has 3 aromatic heterocycles. The molecule has 1 aliphatic carbocycles. The fourth-order valence-corrected chi connectivity index (χ4v) is 3.80.